The molecule has 2 N–H and O–H groups in total. The second-order valence-electron chi connectivity index (χ2n) is 6.13. The fraction of sp³-hybridized carbons (Fsp3) is 0.647. The topological polar surface area (TPSA) is 60.2 Å². The molecule has 4 nitrogen and oxygen atoms in total. The molecule has 0 radical (unpaired) electrons. The lowest BCUT2D eigenvalue weighted by Gasteiger charge is -2.24. The Morgan fingerprint density at radius 3 is 2.64 bits per heavy atom. The minimum Gasteiger partial charge on any atom is -0.510 e. The summed E-state index contributed by atoms with van der Waals surface area (Å²) >= 11 is 1.56. The van der Waals surface area contributed by atoms with E-state index in [0.29, 0.717) is 29.6 Å². The van der Waals surface area contributed by atoms with Crippen molar-refractivity contribution < 1.29 is 5.11 Å². The molecule has 1 aromatic heterocycles. The Labute approximate surface area is 137 Å². The van der Waals surface area contributed by atoms with Crippen molar-refractivity contribution in [2.45, 2.75) is 53.4 Å². The van der Waals surface area contributed by atoms with Gasteiger partial charge in [0.05, 0.1) is 17.8 Å². The molecule has 5 heteroatoms. The van der Waals surface area contributed by atoms with Crippen LogP contribution in [0.15, 0.2) is 5.76 Å². The van der Waals surface area contributed by atoms with Crippen LogP contribution in [-0.2, 0) is 0 Å². The molecule has 0 unspecified atom stereocenters. The van der Waals surface area contributed by atoms with E-state index in [4.69, 9.17) is 5.41 Å². The van der Waals surface area contributed by atoms with Crippen LogP contribution in [0.1, 0.15) is 55.1 Å². The molecular formula is C17H27N3OS. The van der Waals surface area contributed by atoms with Crippen molar-refractivity contribution in [3.05, 3.63) is 21.3 Å². The predicted octanol–water partition coefficient (Wildman–Crippen LogP) is 4.54. The van der Waals surface area contributed by atoms with Gasteiger partial charge in [-0.05, 0) is 26.2 Å². The minimum atomic E-state index is 0.295. The SMILES string of the molecule is CCCC[C@H](CC)CN1CC(O)=C(c2nc(C)c(C)s2)C1=N. The van der Waals surface area contributed by atoms with E-state index in [0.717, 1.165) is 28.5 Å². The third kappa shape index (κ3) is 3.51. The number of aromatic nitrogens is 1. The first-order valence-electron chi connectivity index (χ1n) is 8.18. The van der Waals surface area contributed by atoms with Gasteiger partial charge >= 0.3 is 0 Å². The molecule has 2 rings (SSSR count). The number of thiazole rings is 1. The molecule has 1 aromatic rings. The lowest BCUT2D eigenvalue weighted by molar-refractivity contribution is 0.298. The number of rotatable bonds is 7. The molecule has 1 atom stereocenters. The Morgan fingerprint density at radius 2 is 2.09 bits per heavy atom. The average molecular weight is 321 g/mol. The molecule has 0 spiro atoms. The predicted molar refractivity (Wildman–Crippen MR) is 93.7 cm³/mol. The molecule has 0 aliphatic carbocycles. The summed E-state index contributed by atoms with van der Waals surface area (Å²) in [5.41, 5.74) is 1.62. The molecule has 22 heavy (non-hydrogen) atoms. The van der Waals surface area contributed by atoms with Gasteiger partial charge in [-0.15, -0.1) is 11.3 Å². The fourth-order valence-corrected chi connectivity index (χ4v) is 3.81. The molecule has 0 aromatic carbocycles. The maximum absolute atomic E-state index is 10.3. The summed E-state index contributed by atoms with van der Waals surface area (Å²) in [7, 11) is 0. The summed E-state index contributed by atoms with van der Waals surface area (Å²) in [5, 5.41) is 19.5. The van der Waals surface area contributed by atoms with E-state index in [1.165, 1.54) is 19.3 Å². The van der Waals surface area contributed by atoms with Crippen molar-refractivity contribution in [3.8, 4) is 0 Å². The van der Waals surface area contributed by atoms with Crippen LogP contribution in [0, 0.1) is 25.2 Å². The highest BCUT2D eigenvalue weighted by molar-refractivity contribution is 7.13. The van der Waals surface area contributed by atoms with Crippen LogP contribution in [0.4, 0.5) is 0 Å². The standard InChI is InChI=1S/C17H27N3OS/c1-5-7-8-13(6-2)9-20-10-14(21)15(16(20)18)17-19-11(3)12(4)22-17/h13,18,21H,5-10H2,1-4H3/t13-/m0/s1. The van der Waals surface area contributed by atoms with Gasteiger partial charge < -0.3 is 10.0 Å². The number of amidine groups is 1. The van der Waals surface area contributed by atoms with Gasteiger partial charge in [0.25, 0.3) is 0 Å². The van der Waals surface area contributed by atoms with Crippen molar-refractivity contribution in [3.63, 3.8) is 0 Å². The van der Waals surface area contributed by atoms with Crippen molar-refractivity contribution in [2.75, 3.05) is 13.1 Å². The molecule has 0 fully saturated rings. The van der Waals surface area contributed by atoms with Gasteiger partial charge in [0, 0.05) is 11.4 Å². The third-order valence-corrected chi connectivity index (χ3v) is 5.54. The van der Waals surface area contributed by atoms with E-state index in [1.807, 2.05) is 18.7 Å². The average Bonchev–Trinajstić information content (AvgIpc) is 2.94. The van der Waals surface area contributed by atoms with Crippen LogP contribution < -0.4 is 0 Å². The third-order valence-electron chi connectivity index (χ3n) is 4.45. The van der Waals surface area contributed by atoms with Crippen molar-refractivity contribution >= 4 is 22.7 Å². The quantitative estimate of drug-likeness (QED) is 0.775. The number of nitrogens with zero attached hydrogens (tertiary/aromatic N) is 2. The zero-order chi connectivity index (χ0) is 16.3. The summed E-state index contributed by atoms with van der Waals surface area (Å²) in [6.07, 6.45) is 4.76. The molecule has 0 saturated heterocycles. The summed E-state index contributed by atoms with van der Waals surface area (Å²) in [6, 6.07) is 0. The zero-order valence-electron chi connectivity index (χ0n) is 14.1. The molecule has 1 aliphatic rings. The van der Waals surface area contributed by atoms with Crippen LogP contribution in [0.2, 0.25) is 0 Å². The lowest BCUT2D eigenvalue weighted by atomic mass is 9.99. The normalized spacial score (nSPS) is 16.7. The number of aliphatic hydroxyl groups excluding tert-OH is 1. The highest BCUT2D eigenvalue weighted by atomic mass is 32.1. The molecule has 122 valence electrons. The molecule has 0 amide bonds. The molecule has 1 aliphatic heterocycles. The van der Waals surface area contributed by atoms with Crippen LogP contribution in [-0.4, -0.2) is 33.9 Å². The summed E-state index contributed by atoms with van der Waals surface area (Å²) in [5.74, 6) is 1.32. The van der Waals surface area contributed by atoms with Crippen molar-refractivity contribution in [2.24, 2.45) is 5.92 Å². The Hall–Kier alpha value is -1.36. The number of nitrogens with one attached hydrogen (secondary N) is 1. The first-order valence-corrected chi connectivity index (χ1v) is 8.99. The summed E-state index contributed by atoms with van der Waals surface area (Å²) in [4.78, 5) is 7.66. The maximum atomic E-state index is 10.3. The largest absolute Gasteiger partial charge is 0.510 e. The molecular weight excluding hydrogens is 294 g/mol. The van der Waals surface area contributed by atoms with Crippen LogP contribution >= 0.6 is 11.3 Å². The van der Waals surface area contributed by atoms with Gasteiger partial charge in [-0.1, -0.05) is 33.1 Å². The first-order chi connectivity index (χ1) is 10.5. The van der Waals surface area contributed by atoms with Gasteiger partial charge in [-0.3, -0.25) is 5.41 Å². The van der Waals surface area contributed by atoms with E-state index in [2.05, 4.69) is 18.8 Å². The number of aryl methyl sites for hydroxylation is 2. The highest BCUT2D eigenvalue weighted by Crippen LogP contribution is 2.32. The van der Waals surface area contributed by atoms with Crippen LogP contribution in [0.5, 0.6) is 0 Å². The fourth-order valence-electron chi connectivity index (χ4n) is 2.82. The zero-order valence-corrected chi connectivity index (χ0v) is 14.9. The van der Waals surface area contributed by atoms with Crippen LogP contribution in [0.3, 0.4) is 0 Å². The van der Waals surface area contributed by atoms with Gasteiger partial charge in [-0.25, -0.2) is 4.98 Å². The summed E-state index contributed by atoms with van der Waals surface area (Å²) in [6.45, 7) is 9.73. The van der Waals surface area contributed by atoms with E-state index in [-0.39, 0.29) is 0 Å². The Kier molecular flexibility index (Phi) is 5.62. The van der Waals surface area contributed by atoms with E-state index >= 15 is 0 Å². The van der Waals surface area contributed by atoms with Gasteiger partial charge in [0.2, 0.25) is 0 Å². The lowest BCUT2D eigenvalue weighted by Crippen LogP contribution is -2.32. The molecule has 0 bridgehead atoms. The number of aliphatic hydroxyl groups is 1. The van der Waals surface area contributed by atoms with E-state index < -0.39 is 0 Å². The second-order valence-corrected chi connectivity index (χ2v) is 7.33. The number of unbranched alkanes of at least 4 members (excludes halogenated alkanes) is 1. The van der Waals surface area contributed by atoms with Crippen LogP contribution in [0.25, 0.3) is 5.57 Å². The van der Waals surface area contributed by atoms with Crippen molar-refractivity contribution in [1.82, 2.24) is 9.88 Å². The summed E-state index contributed by atoms with van der Waals surface area (Å²) < 4.78 is 0. The highest BCUT2D eigenvalue weighted by Gasteiger charge is 2.31. The Bertz CT molecular complexity index is 557. The molecule has 2 heterocycles. The second kappa shape index (κ2) is 7.27. The van der Waals surface area contributed by atoms with Gasteiger partial charge in [-0.2, -0.15) is 0 Å². The van der Waals surface area contributed by atoms with Gasteiger partial charge in [0.1, 0.15) is 16.6 Å². The number of hydrogen-bond donors (Lipinski definition) is 2. The maximum Gasteiger partial charge on any atom is 0.135 e. The van der Waals surface area contributed by atoms with Gasteiger partial charge in [0.15, 0.2) is 0 Å². The monoisotopic (exact) mass is 321 g/mol. The molecule has 0 saturated carbocycles. The van der Waals surface area contributed by atoms with Crippen molar-refractivity contribution in [1.29, 1.82) is 5.41 Å². The van der Waals surface area contributed by atoms with E-state index in [9.17, 15) is 5.11 Å². The van der Waals surface area contributed by atoms with E-state index in [1.54, 1.807) is 11.3 Å². The smallest absolute Gasteiger partial charge is 0.135 e. The minimum absolute atomic E-state index is 0.295. The first kappa shape index (κ1) is 17.0. The number of hydrogen-bond acceptors (Lipinski definition) is 4. The Morgan fingerprint density at radius 1 is 1.36 bits per heavy atom. The Balaban J connectivity index is 2.09.